The van der Waals surface area contributed by atoms with Crippen LogP contribution < -0.4 is 0 Å². The van der Waals surface area contributed by atoms with E-state index in [1.807, 2.05) is 53.7 Å². The fourth-order valence-corrected chi connectivity index (χ4v) is 4.65. The summed E-state index contributed by atoms with van der Waals surface area (Å²) in [7, 11) is -3.44. The minimum Gasteiger partial charge on any atom is -0.207 e. The molecule has 0 N–H and O–H groups in total. The number of hydrogen-bond donors (Lipinski definition) is 0. The van der Waals surface area contributed by atoms with Gasteiger partial charge in [-0.3, -0.25) is 0 Å². The van der Waals surface area contributed by atoms with E-state index in [-0.39, 0.29) is 12.1 Å². The molecule has 20 heavy (non-hydrogen) atoms. The molecular weight excluding hydrogens is 270 g/mol. The van der Waals surface area contributed by atoms with Gasteiger partial charge >= 0.3 is 0 Å². The van der Waals surface area contributed by atoms with Gasteiger partial charge in [-0.2, -0.15) is 4.31 Å². The zero-order valence-corrected chi connectivity index (χ0v) is 14.3. The number of rotatable bonds is 6. The lowest BCUT2D eigenvalue weighted by Gasteiger charge is -2.33. The molecule has 0 aliphatic carbocycles. The molecule has 1 aromatic carbocycles. The highest BCUT2D eigenvalue weighted by atomic mass is 32.2. The number of benzene rings is 1. The lowest BCUT2D eigenvalue weighted by atomic mass is 10.2. The Morgan fingerprint density at radius 2 is 1.55 bits per heavy atom. The second-order valence-corrected chi connectivity index (χ2v) is 7.43. The van der Waals surface area contributed by atoms with Crippen LogP contribution in [0.1, 0.15) is 51.7 Å². The molecule has 0 aliphatic rings. The topological polar surface area (TPSA) is 37.4 Å². The quantitative estimate of drug-likeness (QED) is 0.799. The van der Waals surface area contributed by atoms with Crippen LogP contribution in [0.2, 0.25) is 0 Å². The van der Waals surface area contributed by atoms with Crippen molar-refractivity contribution in [2.24, 2.45) is 0 Å². The summed E-state index contributed by atoms with van der Waals surface area (Å²) in [4.78, 5) is 0.443. The molecule has 2 atom stereocenters. The third-order valence-electron chi connectivity index (χ3n) is 3.95. The lowest BCUT2D eigenvalue weighted by molar-refractivity contribution is 0.262. The Morgan fingerprint density at radius 3 is 2.00 bits per heavy atom. The SMILES string of the molecule is CCC(C)N(C(C)CC)S(=O)(=O)c1cc(C)ccc1C. The fraction of sp³-hybridized carbons (Fsp3) is 0.625. The molecule has 0 radical (unpaired) electrons. The van der Waals surface area contributed by atoms with Gasteiger partial charge in [0.05, 0.1) is 4.90 Å². The average molecular weight is 297 g/mol. The van der Waals surface area contributed by atoms with Crippen LogP contribution in [-0.2, 0) is 10.0 Å². The standard InChI is InChI=1S/C16H27NO2S/c1-7-14(5)17(15(6)8-2)20(18,19)16-11-12(3)9-10-13(16)4/h9-11,14-15H,7-8H2,1-6H3. The van der Waals surface area contributed by atoms with E-state index < -0.39 is 10.0 Å². The van der Waals surface area contributed by atoms with Crippen molar-refractivity contribution in [3.8, 4) is 0 Å². The Morgan fingerprint density at radius 1 is 1.05 bits per heavy atom. The van der Waals surface area contributed by atoms with Gasteiger partial charge in [0.25, 0.3) is 0 Å². The van der Waals surface area contributed by atoms with Crippen molar-refractivity contribution >= 4 is 10.0 Å². The van der Waals surface area contributed by atoms with E-state index in [4.69, 9.17) is 0 Å². The molecule has 1 rings (SSSR count). The second-order valence-electron chi connectivity index (χ2n) is 5.62. The summed E-state index contributed by atoms with van der Waals surface area (Å²) in [5, 5.41) is 0. The van der Waals surface area contributed by atoms with Gasteiger partial charge in [-0.1, -0.05) is 26.0 Å². The van der Waals surface area contributed by atoms with Crippen molar-refractivity contribution in [3.63, 3.8) is 0 Å². The van der Waals surface area contributed by atoms with Crippen LogP contribution in [0.3, 0.4) is 0 Å². The fourth-order valence-electron chi connectivity index (χ4n) is 2.37. The van der Waals surface area contributed by atoms with Crippen LogP contribution in [0.25, 0.3) is 0 Å². The third-order valence-corrected chi connectivity index (χ3v) is 6.22. The largest absolute Gasteiger partial charge is 0.243 e. The van der Waals surface area contributed by atoms with Gasteiger partial charge in [0.2, 0.25) is 10.0 Å². The monoisotopic (exact) mass is 297 g/mol. The van der Waals surface area contributed by atoms with Crippen LogP contribution >= 0.6 is 0 Å². The van der Waals surface area contributed by atoms with Gasteiger partial charge in [-0.25, -0.2) is 8.42 Å². The maximum atomic E-state index is 13.0. The minimum atomic E-state index is -3.44. The van der Waals surface area contributed by atoms with Crippen LogP contribution in [-0.4, -0.2) is 24.8 Å². The van der Waals surface area contributed by atoms with Crippen molar-refractivity contribution in [2.75, 3.05) is 0 Å². The van der Waals surface area contributed by atoms with Crippen molar-refractivity contribution in [3.05, 3.63) is 29.3 Å². The molecule has 0 saturated carbocycles. The molecule has 114 valence electrons. The first-order valence-electron chi connectivity index (χ1n) is 7.36. The molecular formula is C16H27NO2S. The van der Waals surface area contributed by atoms with E-state index in [9.17, 15) is 8.42 Å². The summed E-state index contributed by atoms with van der Waals surface area (Å²) < 4.78 is 27.7. The number of hydrogen-bond acceptors (Lipinski definition) is 2. The molecule has 1 aromatic rings. The number of nitrogens with zero attached hydrogens (tertiary/aromatic N) is 1. The van der Waals surface area contributed by atoms with E-state index in [0.29, 0.717) is 4.90 Å². The molecule has 0 spiro atoms. The zero-order valence-electron chi connectivity index (χ0n) is 13.5. The Kier molecular flexibility index (Phi) is 5.78. The normalized spacial score (nSPS) is 15.3. The molecule has 0 aromatic heterocycles. The molecule has 0 heterocycles. The van der Waals surface area contributed by atoms with Crippen molar-refractivity contribution < 1.29 is 8.42 Å². The maximum absolute atomic E-state index is 13.0. The molecule has 2 unspecified atom stereocenters. The summed E-state index contributed by atoms with van der Waals surface area (Å²) >= 11 is 0. The van der Waals surface area contributed by atoms with Crippen molar-refractivity contribution in [2.45, 2.75) is 71.4 Å². The Hall–Kier alpha value is -0.870. The van der Waals surface area contributed by atoms with Crippen molar-refractivity contribution in [1.29, 1.82) is 0 Å². The van der Waals surface area contributed by atoms with Crippen LogP contribution in [0.5, 0.6) is 0 Å². The summed E-state index contributed by atoms with van der Waals surface area (Å²) in [5.41, 5.74) is 1.79. The summed E-state index contributed by atoms with van der Waals surface area (Å²) in [6.45, 7) is 11.8. The molecule has 3 nitrogen and oxygen atoms in total. The van der Waals surface area contributed by atoms with Crippen LogP contribution in [0.15, 0.2) is 23.1 Å². The van der Waals surface area contributed by atoms with E-state index in [1.165, 1.54) is 0 Å². The van der Waals surface area contributed by atoms with Gasteiger partial charge in [-0.15, -0.1) is 0 Å². The maximum Gasteiger partial charge on any atom is 0.243 e. The number of sulfonamides is 1. The first-order valence-corrected chi connectivity index (χ1v) is 8.80. The molecule has 4 heteroatoms. The van der Waals surface area contributed by atoms with Gasteiger partial charge in [0.15, 0.2) is 0 Å². The molecule has 0 bridgehead atoms. The van der Waals surface area contributed by atoms with E-state index >= 15 is 0 Å². The minimum absolute atomic E-state index is 0.00913. The highest BCUT2D eigenvalue weighted by molar-refractivity contribution is 7.89. The molecule has 0 saturated heterocycles. The highest BCUT2D eigenvalue weighted by Gasteiger charge is 2.32. The van der Waals surface area contributed by atoms with Gasteiger partial charge < -0.3 is 0 Å². The third kappa shape index (κ3) is 3.41. The van der Waals surface area contributed by atoms with Crippen LogP contribution in [0.4, 0.5) is 0 Å². The van der Waals surface area contributed by atoms with Gasteiger partial charge in [0, 0.05) is 12.1 Å². The second kappa shape index (κ2) is 6.72. The summed E-state index contributed by atoms with van der Waals surface area (Å²) in [6.07, 6.45) is 1.63. The molecule has 0 aliphatic heterocycles. The summed E-state index contributed by atoms with van der Waals surface area (Å²) in [6, 6.07) is 5.63. The Labute approximate surface area is 124 Å². The Balaban J connectivity index is 3.40. The first kappa shape index (κ1) is 17.2. The van der Waals surface area contributed by atoms with Gasteiger partial charge in [0.1, 0.15) is 0 Å². The van der Waals surface area contributed by atoms with E-state index in [2.05, 4.69) is 0 Å². The average Bonchev–Trinajstić information content (AvgIpc) is 2.40. The highest BCUT2D eigenvalue weighted by Crippen LogP contribution is 2.26. The summed E-state index contributed by atoms with van der Waals surface area (Å²) in [5.74, 6) is 0. The first-order chi connectivity index (χ1) is 9.25. The van der Waals surface area contributed by atoms with E-state index in [0.717, 1.165) is 24.0 Å². The van der Waals surface area contributed by atoms with Gasteiger partial charge in [-0.05, 0) is 57.7 Å². The zero-order chi connectivity index (χ0) is 15.5. The Bertz CT molecular complexity index is 542. The number of aryl methyl sites for hydroxylation is 2. The predicted octanol–water partition coefficient (Wildman–Crippen LogP) is 3.89. The lowest BCUT2D eigenvalue weighted by Crippen LogP contribution is -2.44. The smallest absolute Gasteiger partial charge is 0.207 e. The van der Waals surface area contributed by atoms with Crippen LogP contribution in [0, 0.1) is 13.8 Å². The van der Waals surface area contributed by atoms with Crippen molar-refractivity contribution in [1.82, 2.24) is 4.31 Å². The predicted molar refractivity (Wildman–Crippen MR) is 84.4 cm³/mol. The van der Waals surface area contributed by atoms with E-state index in [1.54, 1.807) is 10.4 Å². The molecule has 0 fully saturated rings. The molecule has 0 amide bonds.